The molecular formula is C15H10Cl2N4. The summed E-state index contributed by atoms with van der Waals surface area (Å²) in [7, 11) is 0. The smallest absolute Gasteiger partial charge is 0.227 e. The minimum absolute atomic E-state index is 0.477. The molecule has 0 amide bonds. The normalized spacial score (nSPS) is 10.4. The minimum atomic E-state index is 0.477. The molecule has 0 radical (unpaired) electrons. The van der Waals surface area contributed by atoms with Crippen LogP contribution in [0.1, 0.15) is 0 Å². The quantitative estimate of drug-likeness (QED) is 0.767. The van der Waals surface area contributed by atoms with Crippen molar-refractivity contribution in [3.8, 4) is 11.3 Å². The van der Waals surface area contributed by atoms with E-state index in [0.29, 0.717) is 16.0 Å². The van der Waals surface area contributed by atoms with Gasteiger partial charge in [0, 0.05) is 29.8 Å². The molecule has 2 heterocycles. The summed E-state index contributed by atoms with van der Waals surface area (Å²) in [5, 5.41) is 4.08. The first-order chi connectivity index (χ1) is 10.2. The molecule has 104 valence electrons. The number of nitrogens with zero attached hydrogens (tertiary/aromatic N) is 3. The highest BCUT2D eigenvalue weighted by molar-refractivity contribution is 6.42. The summed E-state index contributed by atoms with van der Waals surface area (Å²) in [6, 6.07) is 10.9. The van der Waals surface area contributed by atoms with Gasteiger partial charge in [0.05, 0.1) is 15.7 Å². The van der Waals surface area contributed by atoms with Gasteiger partial charge in [-0.2, -0.15) is 0 Å². The topological polar surface area (TPSA) is 50.7 Å². The van der Waals surface area contributed by atoms with Crippen molar-refractivity contribution in [3.63, 3.8) is 0 Å². The Hall–Kier alpha value is -2.17. The highest BCUT2D eigenvalue weighted by Gasteiger charge is 2.04. The summed E-state index contributed by atoms with van der Waals surface area (Å²) < 4.78 is 0. The Kier molecular flexibility index (Phi) is 3.99. The molecule has 0 atom stereocenters. The van der Waals surface area contributed by atoms with Crippen molar-refractivity contribution in [2.45, 2.75) is 0 Å². The predicted molar refractivity (Wildman–Crippen MR) is 85.0 cm³/mol. The molecule has 0 fully saturated rings. The van der Waals surface area contributed by atoms with Crippen molar-refractivity contribution in [3.05, 3.63) is 65.0 Å². The molecular weight excluding hydrogens is 307 g/mol. The predicted octanol–water partition coefficient (Wildman–Crippen LogP) is 4.59. The molecule has 21 heavy (non-hydrogen) atoms. The molecule has 1 aromatic carbocycles. The van der Waals surface area contributed by atoms with Gasteiger partial charge in [0.2, 0.25) is 5.95 Å². The fraction of sp³-hybridized carbons (Fsp3) is 0. The molecule has 0 bridgehead atoms. The first-order valence-corrected chi connectivity index (χ1v) is 6.93. The van der Waals surface area contributed by atoms with Crippen molar-refractivity contribution >= 4 is 34.8 Å². The second kappa shape index (κ2) is 6.08. The molecule has 0 saturated heterocycles. The van der Waals surface area contributed by atoms with Gasteiger partial charge in [-0.15, -0.1) is 0 Å². The Morgan fingerprint density at radius 2 is 1.86 bits per heavy atom. The van der Waals surface area contributed by atoms with Crippen LogP contribution in [0.5, 0.6) is 0 Å². The van der Waals surface area contributed by atoms with Crippen LogP contribution in [0.2, 0.25) is 10.0 Å². The number of hydrogen-bond acceptors (Lipinski definition) is 4. The van der Waals surface area contributed by atoms with E-state index in [1.807, 2.05) is 24.3 Å². The molecule has 3 rings (SSSR count). The van der Waals surface area contributed by atoms with Crippen LogP contribution in [0.3, 0.4) is 0 Å². The summed E-state index contributed by atoms with van der Waals surface area (Å²) >= 11 is 11.9. The third-order valence-electron chi connectivity index (χ3n) is 2.79. The lowest BCUT2D eigenvalue weighted by molar-refractivity contribution is 1.16. The van der Waals surface area contributed by atoms with Crippen LogP contribution in [0.25, 0.3) is 11.3 Å². The second-order valence-corrected chi connectivity index (χ2v) is 5.08. The minimum Gasteiger partial charge on any atom is -0.324 e. The number of halogens is 2. The summed E-state index contributed by atoms with van der Waals surface area (Å²) in [5.41, 5.74) is 2.49. The van der Waals surface area contributed by atoms with Gasteiger partial charge in [0.1, 0.15) is 0 Å². The average molecular weight is 317 g/mol. The first-order valence-electron chi connectivity index (χ1n) is 6.18. The van der Waals surface area contributed by atoms with Crippen LogP contribution in [-0.4, -0.2) is 15.0 Å². The summed E-state index contributed by atoms with van der Waals surface area (Å²) in [6.45, 7) is 0. The second-order valence-electron chi connectivity index (χ2n) is 4.26. The molecule has 0 unspecified atom stereocenters. The van der Waals surface area contributed by atoms with E-state index in [9.17, 15) is 0 Å². The number of nitrogens with one attached hydrogen (secondary N) is 1. The SMILES string of the molecule is Clc1ccc(Nc2nccc(-c3cccnc3)n2)cc1Cl. The van der Waals surface area contributed by atoms with E-state index in [0.717, 1.165) is 16.9 Å². The highest BCUT2D eigenvalue weighted by atomic mass is 35.5. The van der Waals surface area contributed by atoms with Crippen LogP contribution in [0, 0.1) is 0 Å². The fourth-order valence-electron chi connectivity index (χ4n) is 1.80. The maximum absolute atomic E-state index is 5.99. The maximum atomic E-state index is 5.99. The standard InChI is InChI=1S/C15H10Cl2N4/c16-12-4-3-11(8-13(12)17)20-15-19-7-5-14(21-15)10-2-1-6-18-9-10/h1-9H,(H,19,20,21). The van der Waals surface area contributed by atoms with Crippen molar-refractivity contribution in [2.75, 3.05) is 5.32 Å². The maximum Gasteiger partial charge on any atom is 0.227 e. The summed E-state index contributed by atoms with van der Waals surface area (Å²) in [6.07, 6.45) is 5.17. The largest absolute Gasteiger partial charge is 0.324 e. The van der Waals surface area contributed by atoms with E-state index in [1.165, 1.54) is 0 Å². The van der Waals surface area contributed by atoms with Crippen molar-refractivity contribution in [2.24, 2.45) is 0 Å². The molecule has 0 spiro atoms. The zero-order valence-electron chi connectivity index (χ0n) is 10.8. The van der Waals surface area contributed by atoms with Crippen LogP contribution >= 0.6 is 23.2 Å². The fourth-order valence-corrected chi connectivity index (χ4v) is 2.10. The highest BCUT2D eigenvalue weighted by Crippen LogP contribution is 2.26. The van der Waals surface area contributed by atoms with Crippen LogP contribution in [0.15, 0.2) is 55.0 Å². The zero-order chi connectivity index (χ0) is 14.7. The van der Waals surface area contributed by atoms with Gasteiger partial charge >= 0.3 is 0 Å². The molecule has 3 aromatic rings. The lowest BCUT2D eigenvalue weighted by atomic mass is 10.2. The van der Waals surface area contributed by atoms with Gasteiger partial charge in [-0.3, -0.25) is 4.98 Å². The summed E-state index contributed by atoms with van der Waals surface area (Å²) in [5.74, 6) is 0.481. The summed E-state index contributed by atoms with van der Waals surface area (Å²) in [4.78, 5) is 12.7. The van der Waals surface area contributed by atoms with E-state index < -0.39 is 0 Å². The Labute approximate surface area is 131 Å². The third-order valence-corrected chi connectivity index (χ3v) is 3.53. The average Bonchev–Trinajstić information content (AvgIpc) is 2.52. The lowest BCUT2D eigenvalue weighted by Crippen LogP contribution is -1.98. The van der Waals surface area contributed by atoms with Crippen molar-refractivity contribution in [1.29, 1.82) is 0 Å². The molecule has 6 heteroatoms. The van der Waals surface area contributed by atoms with Gasteiger partial charge in [0.25, 0.3) is 0 Å². The van der Waals surface area contributed by atoms with Crippen LogP contribution in [-0.2, 0) is 0 Å². The van der Waals surface area contributed by atoms with E-state index in [1.54, 1.807) is 30.7 Å². The molecule has 4 nitrogen and oxygen atoms in total. The van der Waals surface area contributed by atoms with Gasteiger partial charge in [-0.25, -0.2) is 9.97 Å². The number of rotatable bonds is 3. The van der Waals surface area contributed by atoms with E-state index in [-0.39, 0.29) is 0 Å². The Balaban J connectivity index is 1.88. The molecule has 0 aliphatic carbocycles. The van der Waals surface area contributed by atoms with Crippen molar-refractivity contribution in [1.82, 2.24) is 15.0 Å². The first kappa shape index (κ1) is 13.8. The van der Waals surface area contributed by atoms with Crippen LogP contribution in [0.4, 0.5) is 11.6 Å². The van der Waals surface area contributed by atoms with Gasteiger partial charge in [-0.05, 0) is 36.4 Å². The monoisotopic (exact) mass is 316 g/mol. The number of anilines is 2. The zero-order valence-corrected chi connectivity index (χ0v) is 12.3. The van der Waals surface area contributed by atoms with Gasteiger partial charge in [-0.1, -0.05) is 23.2 Å². The Morgan fingerprint density at radius 3 is 2.62 bits per heavy atom. The van der Waals surface area contributed by atoms with Crippen LogP contribution < -0.4 is 5.32 Å². The number of hydrogen-bond donors (Lipinski definition) is 1. The van der Waals surface area contributed by atoms with Gasteiger partial charge < -0.3 is 5.32 Å². The molecule has 0 aliphatic rings. The van der Waals surface area contributed by atoms with E-state index in [2.05, 4.69) is 20.3 Å². The van der Waals surface area contributed by atoms with Crippen molar-refractivity contribution < 1.29 is 0 Å². The van der Waals surface area contributed by atoms with E-state index >= 15 is 0 Å². The third kappa shape index (κ3) is 3.29. The Morgan fingerprint density at radius 1 is 0.952 bits per heavy atom. The Bertz CT molecular complexity index is 763. The number of benzene rings is 1. The molecule has 2 aromatic heterocycles. The van der Waals surface area contributed by atoms with Gasteiger partial charge in [0.15, 0.2) is 0 Å². The number of pyridine rings is 1. The molecule has 1 N–H and O–H groups in total. The molecule has 0 saturated carbocycles. The number of aromatic nitrogens is 3. The lowest BCUT2D eigenvalue weighted by Gasteiger charge is -2.07. The molecule has 0 aliphatic heterocycles. The van der Waals surface area contributed by atoms with E-state index in [4.69, 9.17) is 23.2 Å².